The molecule has 7 heteroatoms. The third-order valence-electron chi connectivity index (χ3n) is 5.81. The highest BCUT2D eigenvalue weighted by molar-refractivity contribution is 6.29. The molecule has 0 spiro atoms. The summed E-state index contributed by atoms with van der Waals surface area (Å²) in [6.45, 7) is 5.40. The van der Waals surface area contributed by atoms with Crippen LogP contribution in [0.3, 0.4) is 0 Å². The summed E-state index contributed by atoms with van der Waals surface area (Å²) in [6, 6.07) is 14.3. The normalized spacial score (nSPS) is 19.6. The number of nitrogens with one attached hydrogen (secondary N) is 1. The molecule has 1 N–H and O–H groups in total. The molecule has 4 rings (SSSR count). The van der Waals surface area contributed by atoms with Gasteiger partial charge in [0.1, 0.15) is 18.8 Å². The molecular weight excluding hydrogens is 394 g/mol. The fourth-order valence-corrected chi connectivity index (χ4v) is 4.15. The smallest absolute Gasteiger partial charge is 0.265 e. The van der Waals surface area contributed by atoms with Gasteiger partial charge in [-0.2, -0.15) is 0 Å². The van der Waals surface area contributed by atoms with Crippen molar-refractivity contribution >= 4 is 23.7 Å². The minimum absolute atomic E-state index is 0.309. The second kappa shape index (κ2) is 9.85. The standard InChI is InChI=1S/C24H27N3O4/c1-30-22-10-5-4-9-21(22)27-23(28)19-8-3-2-7-18(19)20(24(27)29)17-25-11-6-12-26-13-15-31-16-14-26/h2-5,7-10,17,20H,6,11-16H2,1H3/p+1/t20-/m1/s1. The molecule has 162 valence electrons. The number of methoxy groups -OCH3 is 1. The van der Waals surface area contributed by atoms with Crippen molar-refractivity contribution in [3.8, 4) is 5.75 Å². The van der Waals surface area contributed by atoms with Gasteiger partial charge in [-0.05, 0) is 23.8 Å². The fraction of sp³-hybridized carbons (Fsp3) is 0.375. The molecule has 1 saturated heterocycles. The topological polar surface area (TPSA) is 72.6 Å². The summed E-state index contributed by atoms with van der Waals surface area (Å²) in [7, 11) is 1.53. The van der Waals surface area contributed by atoms with Crippen LogP contribution in [0.1, 0.15) is 28.3 Å². The summed E-state index contributed by atoms with van der Waals surface area (Å²) in [4.78, 5) is 33.9. The molecular formula is C24H28N3O4+. The lowest BCUT2D eigenvalue weighted by molar-refractivity contribution is -0.908. The van der Waals surface area contributed by atoms with E-state index < -0.39 is 5.92 Å². The van der Waals surface area contributed by atoms with Crippen molar-refractivity contribution in [1.29, 1.82) is 0 Å². The number of carbonyl (C=O) groups is 2. The number of nitrogens with zero attached hydrogens (tertiary/aromatic N) is 2. The second-order valence-electron chi connectivity index (χ2n) is 7.74. The number of anilines is 1. The lowest BCUT2D eigenvalue weighted by Crippen LogP contribution is -3.14. The Hall–Kier alpha value is -3.03. The van der Waals surface area contributed by atoms with Crippen LogP contribution in [0, 0.1) is 0 Å². The van der Waals surface area contributed by atoms with E-state index in [1.807, 2.05) is 24.3 Å². The Bertz CT molecular complexity index is 969. The van der Waals surface area contributed by atoms with E-state index in [2.05, 4.69) is 4.99 Å². The highest BCUT2D eigenvalue weighted by atomic mass is 16.5. The number of aliphatic imine (C=N–C) groups is 1. The molecule has 1 atom stereocenters. The number of carbonyl (C=O) groups excluding carboxylic acids is 2. The predicted octanol–water partition coefficient (Wildman–Crippen LogP) is 1.34. The average Bonchev–Trinajstić information content (AvgIpc) is 2.82. The SMILES string of the molecule is COc1ccccc1N1C(=O)c2ccccc2[C@@H](C=NCCC[NH+]2CCOCC2)C1=O. The van der Waals surface area contributed by atoms with E-state index in [1.165, 1.54) is 16.9 Å². The minimum atomic E-state index is -0.602. The van der Waals surface area contributed by atoms with Gasteiger partial charge in [-0.15, -0.1) is 0 Å². The maximum atomic E-state index is 13.4. The van der Waals surface area contributed by atoms with Gasteiger partial charge < -0.3 is 14.4 Å². The number of para-hydroxylation sites is 2. The fourth-order valence-electron chi connectivity index (χ4n) is 4.15. The van der Waals surface area contributed by atoms with Crippen molar-refractivity contribution < 1.29 is 24.0 Å². The molecule has 31 heavy (non-hydrogen) atoms. The van der Waals surface area contributed by atoms with E-state index in [9.17, 15) is 9.59 Å². The quantitative estimate of drug-likeness (QED) is 0.415. The first-order valence-corrected chi connectivity index (χ1v) is 10.7. The zero-order chi connectivity index (χ0) is 21.6. The van der Waals surface area contributed by atoms with Gasteiger partial charge in [0.25, 0.3) is 5.91 Å². The zero-order valence-electron chi connectivity index (χ0n) is 17.8. The third-order valence-corrected chi connectivity index (χ3v) is 5.81. The van der Waals surface area contributed by atoms with E-state index in [0.29, 0.717) is 29.1 Å². The van der Waals surface area contributed by atoms with Crippen LogP contribution in [0.4, 0.5) is 5.69 Å². The van der Waals surface area contributed by atoms with Crippen LogP contribution in [0.2, 0.25) is 0 Å². The molecule has 2 heterocycles. The minimum Gasteiger partial charge on any atom is -0.495 e. The van der Waals surface area contributed by atoms with Crippen LogP contribution in [-0.2, 0) is 9.53 Å². The van der Waals surface area contributed by atoms with Crippen molar-refractivity contribution in [2.24, 2.45) is 4.99 Å². The van der Waals surface area contributed by atoms with E-state index in [0.717, 1.165) is 39.3 Å². The summed E-state index contributed by atoms with van der Waals surface area (Å²) in [5, 5.41) is 0. The lowest BCUT2D eigenvalue weighted by atomic mass is 9.89. The molecule has 7 nitrogen and oxygen atoms in total. The lowest BCUT2D eigenvalue weighted by Gasteiger charge is -2.31. The Kier molecular flexibility index (Phi) is 6.74. The summed E-state index contributed by atoms with van der Waals surface area (Å²) in [5.74, 6) is -0.774. The molecule has 0 bridgehead atoms. The zero-order valence-corrected chi connectivity index (χ0v) is 17.8. The van der Waals surface area contributed by atoms with Crippen LogP contribution in [0.15, 0.2) is 53.5 Å². The third kappa shape index (κ3) is 4.52. The molecule has 1 fully saturated rings. The molecule has 0 radical (unpaired) electrons. The number of ether oxygens (including phenoxy) is 2. The van der Waals surface area contributed by atoms with Crippen molar-refractivity contribution in [3.05, 3.63) is 59.7 Å². The highest BCUT2D eigenvalue weighted by Gasteiger charge is 2.39. The second-order valence-corrected chi connectivity index (χ2v) is 7.74. The molecule has 2 aromatic carbocycles. The number of hydrogen-bond acceptors (Lipinski definition) is 5. The Balaban J connectivity index is 1.54. The number of morpholine rings is 1. The van der Waals surface area contributed by atoms with Gasteiger partial charge in [0.2, 0.25) is 5.91 Å². The van der Waals surface area contributed by atoms with Gasteiger partial charge in [0.15, 0.2) is 0 Å². The Morgan fingerprint density at radius 3 is 2.68 bits per heavy atom. The molecule has 0 aliphatic carbocycles. The maximum absolute atomic E-state index is 13.4. The number of quaternary nitrogens is 1. The number of amides is 2. The van der Waals surface area contributed by atoms with Crippen LogP contribution in [-0.4, -0.2) is 64.5 Å². The van der Waals surface area contributed by atoms with Crippen molar-refractivity contribution in [2.45, 2.75) is 12.3 Å². The number of benzene rings is 2. The van der Waals surface area contributed by atoms with E-state index in [-0.39, 0.29) is 11.8 Å². The summed E-state index contributed by atoms with van der Waals surface area (Å²) in [5.41, 5.74) is 1.66. The van der Waals surface area contributed by atoms with Gasteiger partial charge in [-0.1, -0.05) is 30.3 Å². The van der Waals surface area contributed by atoms with Gasteiger partial charge in [0, 0.05) is 24.7 Å². The van der Waals surface area contributed by atoms with Gasteiger partial charge >= 0.3 is 0 Å². The number of imide groups is 1. The van der Waals surface area contributed by atoms with Crippen LogP contribution in [0.25, 0.3) is 0 Å². The summed E-state index contributed by atoms with van der Waals surface area (Å²) >= 11 is 0. The largest absolute Gasteiger partial charge is 0.495 e. The highest BCUT2D eigenvalue weighted by Crippen LogP contribution is 2.36. The van der Waals surface area contributed by atoms with Crippen LogP contribution >= 0.6 is 0 Å². The van der Waals surface area contributed by atoms with Gasteiger partial charge in [-0.3, -0.25) is 14.6 Å². The molecule has 2 aliphatic rings. The van der Waals surface area contributed by atoms with Crippen molar-refractivity contribution in [1.82, 2.24) is 0 Å². The van der Waals surface area contributed by atoms with Gasteiger partial charge in [0.05, 0.1) is 38.5 Å². The summed E-state index contributed by atoms with van der Waals surface area (Å²) in [6.07, 6.45) is 2.65. The molecule has 0 aromatic heterocycles. The molecule has 2 amide bonds. The summed E-state index contributed by atoms with van der Waals surface area (Å²) < 4.78 is 10.8. The number of hydrogen-bond donors (Lipinski definition) is 1. The van der Waals surface area contributed by atoms with E-state index >= 15 is 0 Å². The van der Waals surface area contributed by atoms with E-state index in [4.69, 9.17) is 9.47 Å². The monoisotopic (exact) mass is 422 g/mol. The van der Waals surface area contributed by atoms with E-state index in [1.54, 1.807) is 30.5 Å². The number of rotatable bonds is 7. The molecule has 2 aliphatic heterocycles. The van der Waals surface area contributed by atoms with Crippen molar-refractivity contribution in [2.75, 3.05) is 51.4 Å². The first-order valence-electron chi connectivity index (χ1n) is 10.7. The Morgan fingerprint density at radius 1 is 1.13 bits per heavy atom. The first kappa shape index (κ1) is 21.2. The predicted molar refractivity (Wildman–Crippen MR) is 118 cm³/mol. The Labute approximate surface area is 182 Å². The molecule has 0 unspecified atom stereocenters. The average molecular weight is 423 g/mol. The molecule has 2 aromatic rings. The Morgan fingerprint density at radius 2 is 1.87 bits per heavy atom. The first-order chi connectivity index (χ1) is 15.2. The maximum Gasteiger partial charge on any atom is 0.265 e. The van der Waals surface area contributed by atoms with Crippen molar-refractivity contribution in [3.63, 3.8) is 0 Å². The van der Waals surface area contributed by atoms with Gasteiger partial charge in [-0.25, -0.2) is 4.90 Å². The molecule has 0 saturated carbocycles. The van der Waals surface area contributed by atoms with Crippen LogP contribution in [0.5, 0.6) is 5.75 Å². The van der Waals surface area contributed by atoms with Crippen LogP contribution < -0.4 is 14.5 Å². The number of fused-ring (bicyclic) bond motifs is 1.